The van der Waals surface area contributed by atoms with Crippen LogP contribution in [0.3, 0.4) is 0 Å². The van der Waals surface area contributed by atoms with Gasteiger partial charge in [0.25, 0.3) is 0 Å². The van der Waals surface area contributed by atoms with E-state index in [4.69, 9.17) is 4.74 Å². The molecule has 21 heavy (non-hydrogen) atoms. The Morgan fingerprint density at radius 3 is 3.00 bits per heavy atom. The topological polar surface area (TPSA) is 32.8 Å². The second-order valence-corrected chi connectivity index (χ2v) is 5.89. The maximum atomic E-state index is 13.3. The molecule has 1 aromatic rings. The van der Waals surface area contributed by atoms with E-state index in [0.29, 0.717) is 18.3 Å². The third-order valence-corrected chi connectivity index (χ3v) is 4.63. The fourth-order valence-corrected chi connectivity index (χ4v) is 3.41. The molecule has 2 saturated heterocycles. The minimum atomic E-state index is -0.305. The van der Waals surface area contributed by atoms with Crippen LogP contribution in [0.5, 0.6) is 5.75 Å². The first kappa shape index (κ1) is 14.3. The van der Waals surface area contributed by atoms with Crippen molar-refractivity contribution >= 4 is 5.91 Å². The van der Waals surface area contributed by atoms with Crippen LogP contribution in [-0.2, 0) is 11.3 Å². The van der Waals surface area contributed by atoms with Gasteiger partial charge in [-0.1, -0.05) is 6.07 Å². The van der Waals surface area contributed by atoms with E-state index < -0.39 is 0 Å². The highest BCUT2D eigenvalue weighted by Crippen LogP contribution is 2.28. The molecule has 0 aliphatic carbocycles. The van der Waals surface area contributed by atoms with Crippen molar-refractivity contribution in [2.45, 2.75) is 38.4 Å². The smallest absolute Gasteiger partial charge is 0.239 e. The number of methoxy groups -OCH3 is 1. The SMILES string of the molecule is COc1cc(F)ccc1CN1C[C@H]2CCCN2C(=O)[C@H]1C. The summed E-state index contributed by atoms with van der Waals surface area (Å²) < 4.78 is 18.5. The lowest BCUT2D eigenvalue weighted by Gasteiger charge is -2.41. The summed E-state index contributed by atoms with van der Waals surface area (Å²) >= 11 is 0. The molecule has 0 unspecified atom stereocenters. The fourth-order valence-electron chi connectivity index (χ4n) is 3.41. The number of carbonyl (C=O) groups is 1. The number of hydrogen-bond donors (Lipinski definition) is 0. The zero-order chi connectivity index (χ0) is 15.0. The molecule has 0 N–H and O–H groups in total. The van der Waals surface area contributed by atoms with Gasteiger partial charge in [-0.15, -0.1) is 0 Å². The summed E-state index contributed by atoms with van der Waals surface area (Å²) in [4.78, 5) is 16.6. The van der Waals surface area contributed by atoms with Crippen LogP contribution < -0.4 is 4.74 Å². The molecule has 1 aromatic carbocycles. The summed E-state index contributed by atoms with van der Waals surface area (Å²) in [5, 5.41) is 0. The van der Waals surface area contributed by atoms with Gasteiger partial charge in [0.2, 0.25) is 5.91 Å². The molecule has 2 aliphatic heterocycles. The Bertz CT molecular complexity index is 549. The van der Waals surface area contributed by atoms with Gasteiger partial charge in [0.05, 0.1) is 13.2 Å². The van der Waals surface area contributed by atoms with E-state index in [-0.39, 0.29) is 17.8 Å². The Morgan fingerprint density at radius 1 is 1.43 bits per heavy atom. The summed E-state index contributed by atoms with van der Waals surface area (Å²) in [5.41, 5.74) is 0.921. The van der Waals surface area contributed by atoms with Crippen molar-refractivity contribution in [1.29, 1.82) is 0 Å². The fraction of sp³-hybridized carbons (Fsp3) is 0.562. The highest BCUT2D eigenvalue weighted by Gasteiger charge is 2.40. The van der Waals surface area contributed by atoms with Crippen molar-refractivity contribution in [2.24, 2.45) is 0 Å². The highest BCUT2D eigenvalue weighted by molar-refractivity contribution is 5.83. The number of piperazine rings is 1. The largest absolute Gasteiger partial charge is 0.496 e. The normalized spacial score (nSPS) is 26.0. The molecule has 3 rings (SSSR count). The van der Waals surface area contributed by atoms with Crippen LogP contribution in [-0.4, -0.2) is 48.0 Å². The Kier molecular flexibility index (Phi) is 3.85. The molecule has 114 valence electrons. The van der Waals surface area contributed by atoms with E-state index in [1.807, 2.05) is 11.8 Å². The number of benzene rings is 1. The van der Waals surface area contributed by atoms with Crippen molar-refractivity contribution in [3.8, 4) is 5.75 Å². The number of nitrogens with zero attached hydrogens (tertiary/aromatic N) is 2. The predicted octanol–water partition coefficient (Wildman–Crippen LogP) is 2.03. The molecule has 0 radical (unpaired) electrons. The highest BCUT2D eigenvalue weighted by atomic mass is 19.1. The maximum absolute atomic E-state index is 13.3. The minimum absolute atomic E-state index is 0.130. The van der Waals surface area contributed by atoms with Gasteiger partial charge in [0.1, 0.15) is 11.6 Å². The van der Waals surface area contributed by atoms with E-state index in [2.05, 4.69) is 4.90 Å². The van der Waals surface area contributed by atoms with Crippen LogP contribution in [0.15, 0.2) is 18.2 Å². The summed E-state index contributed by atoms with van der Waals surface area (Å²) in [5.74, 6) is 0.452. The van der Waals surface area contributed by atoms with Crippen molar-refractivity contribution in [1.82, 2.24) is 9.80 Å². The van der Waals surface area contributed by atoms with Crippen LogP contribution in [0.1, 0.15) is 25.3 Å². The zero-order valence-electron chi connectivity index (χ0n) is 12.5. The second kappa shape index (κ2) is 5.64. The van der Waals surface area contributed by atoms with Crippen LogP contribution in [0.4, 0.5) is 4.39 Å². The van der Waals surface area contributed by atoms with Crippen molar-refractivity contribution in [2.75, 3.05) is 20.2 Å². The molecule has 5 heteroatoms. The average Bonchev–Trinajstić information content (AvgIpc) is 2.94. The lowest BCUT2D eigenvalue weighted by atomic mass is 10.1. The number of fused-ring (bicyclic) bond motifs is 1. The summed E-state index contributed by atoms with van der Waals surface area (Å²) in [6, 6.07) is 4.78. The van der Waals surface area contributed by atoms with Gasteiger partial charge < -0.3 is 9.64 Å². The lowest BCUT2D eigenvalue weighted by Crippen LogP contribution is -2.58. The number of amides is 1. The van der Waals surface area contributed by atoms with Gasteiger partial charge in [-0.05, 0) is 25.8 Å². The van der Waals surface area contributed by atoms with Gasteiger partial charge in [0, 0.05) is 37.3 Å². The van der Waals surface area contributed by atoms with Crippen LogP contribution in [0.2, 0.25) is 0 Å². The van der Waals surface area contributed by atoms with Gasteiger partial charge in [0.15, 0.2) is 0 Å². The number of hydrogen-bond acceptors (Lipinski definition) is 3. The van der Waals surface area contributed by atoms with Crippen LogP contribution in [0.25, 0.3) is 0 Å². The van der Waals surface area contributed by atoms with Crippen LogP contribution in [0, 0.1) is 5.82 Å². The number of ether oxygens (including phenoxy) is 1. The van der Waals surface area contributed by atoms with Gasteiger partial charge >= 0.3 is 0 Å². The average molecular weight is 292 g/mol. The van der Waals surface area contributed by atoms with E-state index in [1.165, 1.54) is 12.1 Å². The number of carbonyl (C=O) groups excluding carboxylic acids is 1. The molecule has 0 aromatic heterocycles. The van der Waals surface area contributed by atoms with Gasteiger partial charge in [-0.3, -0.25) is 9.69 Å². The maximum Gasteiger partial charge on any atom is 0.239 e. The van der Waals surface area contributed by atoms with Crippen LogP contribution >= 0.6 is 0 Å². The predicted molar refractivity (Wildman–Crippen MR) is 77.6 cm³/mol. The standard InChI is InChI=1S/C16H21FN2O2/c1-11-16(20)19-7-3-4-14(19)10-18(11)9-12-5-6-13(17)8-15(12)21-2/h5-6,8,11,14H,3-4,7,9-10H2,1-2H3/t11-,14-/m1/s1. The summed E-state index contributed by atoms with van der Waals surface area (Å²) in [6.07, 6.45) is 2.17. The molecule has 2 atom stereocenters. The first-order chi connectivity index (χ1) is 10.1. The van der Waals surface area contributed by atoms with Crippen molar-refractivity contribution < 1.29 is 13.9 Å². The number of rotatable bonds is 3. The molecular weight excluding hydrogens is 271 g/mol. The van der Waals surface area contributed by atoms with Gasteiger partial charge in [-0.25, -0.2) is 4.39 Å². The third-order valence-electron chi connectivity index (χ3n) is 4.63. The second-order valence-electron chi connectivity index (χ2n) is 5.89. The van der Waals surface area contributed by atoms with Crippen molar-refractivity contribution in [3.63, 3.8) is 0 Å². The zero-order valence-corrected chi connectivity index (χ0v) is 12.5. The molecule has 0 bridgehead atoms. The molecular formula is C16H21FN2O2. The van der Waals surface area contributed by atoms with E-state index in [9.17, 15) is 9.18 Å². The summed E-state index contributed by atoms with van der Waals surface area (Å²) in [6.45, 7) is 4.34. The Morgan fingerprint density at radius 2 is 2.24 bits per heavy atom. The van der Waals surface area contributed by atoms with E-state index in [1.54, 1.807) is 13.2 Å². The molecule has 1 amide bonds. The first-order valence-corrected chi connectivity index (χ1v) is 7.47. The first-order valence-electron chi connectivity index (χ1n) is 7.47. The molecule has 2 fully saturated rings. The van der Waals surface area contributed by atoms with E-state index in [0.717, 1.165) is 31.5 Å². The monoisotopic (exact) mass is 292 g/mol. The Labute approximate surface area is 124 Å². The molecule has 4 nitrogen and oxygen atoms in total. The molecule has 2 aliphatic rings. The molecule has 2 heterocycles. The molecule has 0 spiro atoms. The lowest BCUT2D eigenvalue weighted by molar-refractivity contribution is -0.143. The minimum Gasteiger partial charge on any atom is -0.496 e. The van der Waals surface area contributed by atoms with E-state index >= 15 is 0 Å². The van der Waals surface area contributed by atoms with Gasteiger partial charge in [-0.2, -0.15) is 0 Å². The summed E-state index contributed by atoms with van der Waals surface area (Å²) in [7, 11) is 1.54. The third kappa shape index (κ3) is 2.62. The number of halogens is 1. The quantitative estimate of drug-likeness (QED) is 0.854. The molecule has 0 saturated carbocycles. The Balaban J connectivity index is 1.79. The van der Waals surface area contributed by atoms with Crippen molar-refractivity contribution in [3.05, 3.63) is 29.6 Å². The Hall–Kier alpha value is -1.62.